The maximum atomic E-state index is 4.74. The van der Waals surface area contributed by atoms with E-state index in [-0.39, 0.29) is 0 Å². The molecule has 3 aliphatic rings. The molecule has 7 heteroatoms. The molecule has 1 saturated heterocycles. The number of nitrogens with zero attached hydrogens (tertiary/aromatic N) is 7. The molecule has 0 unspecified atom stereocenters. The van der Waals surface area contributed by atoms with E-state index < -0.39 is 0 Å². The summed E-state index contributed by atoms with van der Waals surface area (Å²) in [5, 5.41) is 0. The minimum absolute atomic E-state index is 0.795. The molecule has 1 saturated carbocycles. The SMILES string of the molecule is CC.CCN(CCc1cnc(N2CCN(C3CCC3)CC2)nc1)CC(/C=C/c1ccccc1)=C1\N=CC=CC1=NC. The number of rotatable bonds is 10. The van der Waals surface area contributed by atoms with Gasteiger partial charge in [-0.1, -0.05) is 69.7 Å². The molecule has 41 heavy (non-hydrogen) atoms. The van der Waals surface area contributed by atoms with Crippen LogP contribution in [-0.2, 0) is 6.42 Å². The summed E-state index contributed by atoms with van der Waals surface area (Å²) in [6.45, 7) is 13.2. The first kappa shape index (κ1) is 30.5. The lowest BCUT2D eigenvalue weighted by atomic mass is 9.91. The molecule has 0 amide bonds. The van der Waals surface area contributed by atoms with Gasteiger partial charge in [0.15, 0.2) is 0 Å². The average molecular weight is 554 g/mol. The van der Waals surface area contributed by atoms with Crippen LogP contribution in [0.5, 0.6) is 0 Å². The molecule has 0 atom stereocenters. The number of hydrogen-bond donors (Lipinski definition) is 0. The highest BCUT2D eigenvalue weighted by atomic mass is 15.3. The van der Waals surface area contributed by atoms with Crippen molar-refractivity contribution in [2.75, 3.05) is 57.8 Å². The minimum Gasteiger partial charge on any atom is -0.338 e. The van der Waals surface area contributed by atoms with Crippen molar-refractivity contribution < 1.29 is 0 Å². The zero-order chi connectivity index (χ0) is 28.9. The summed E-state index contributed by atoms with van der Waals surface area (Å²) in [4.78, 5) is 26.1. The number of aliphatic imine (C=N–C) groups is 2. The lowest BCUT2D eigenvalue weighted by Gasteiger charge is -2.42. The van der Waals surface area contributed by atoms with Gasteiger partial charge in [-0.3, -0.25) is 19.8 Å². The average Bonchev–Trinajstić information content (AvgIpc) is 3.02. The Morgan fingerprint density at radius 1 is 1.05 bits per heavy atom. The largest absolute Gasteiger partial charge is 0.338 e. The zero-order valence-electron chi connectivity index (χ0n) is 25.4. The zero-order valence-corrected chi connectivity index (χ0v) is 25.4. The molecule has 0 spiro atoms. The second-order valence-corrected chi connectivity index (χ2v) is 10.5. The number of piperazine rings is 1. The van der Waals surface area contributed by atoms with E-state index in [0.717, 1.165) is 81.2 Å². The highest BCUT2D eigenvalue weighted by Crippen LogP contribution is 2.26. The van der Waals surface area contributed by atoms with Crippen LogP contribution < -0.4 is 4.90 Å². The van der Waals surface area contributed by atoms with E-state index in [1.807, 2.05) is 57.7 Å². The Hall–Kier alpha value is -3.42. The molecule has 1 aromatic carbocycles. The predicted molar refractivity (Wildman–Crippen MR) is 174 cm³/mol. The van der Waals surface area contributed by atoms with Crippen LogP contribution in [0.1, 0.15) is 51.2 Å². The third-order valence-corrected chi connectivity index (χ3v) is 8.05. The van der Waals surface area contributed by atoms with Crippen LogP contribution in [0.3, 0.4) is 0 Å². The molecule has 0 bridgehead atoms. The van der Waals surface area contributed by atoms with Gasteiger partial charge >= 0.3 is 0 Å². The fourth-order valence-corrected chi connectivity index (χ4v) is 5.35. The summed E-state index contributed by atoms with van der Waals surface area (Å²) in [6.07, 6.45) is 19.3. The number of anilines is 1. The van der Waals surface area contributed by atoms with Crippen molar-refractivity contribution in [3.05, 3.63) is 83.4 Å². The van der Waals surface area contributed by atoms with Crippen molar-refractivity contribution in [2.45, 2.75) is 52.5 Å². The standard InChI is InChI=1S/C32H41N7.C2H6/c1-3-37(25-28(15-14-26-9-5-4-6-10-26)31-30(33-2)13-8-17-34-31)18-16-27-23-35-32(36-24-27)39-21-19-38(20-22-39)29-11-7-12-29;1-2/h4-6,8-10,13-15,17,23-24,29H,3,7,11-12,16,18-22,25H2,1-2H3;1-2H3/b15-14+,31-28-,33-30?;. The number of hydrogen-bond acceptors (Lipinski definition) is 7. The Morgan fingerprint density at radius 3 is 2.41 bits per heavy atom. The van der Waals surface area contributed by atoms with Gasteiger partial charge in [0.05, 0.1) is 11.4 Å². The van der Waals surface area contributed by atoms with Crippen LogP contribution in [-0.4, -0.2) is 90.6 Å². The summed E-state index contributed by atoms with van der Waals surface area (Å²) >= 11 is 0. The van der Waals surface area contributed by atoms with Gasteiger partial charge in [-0.2, -0.15) is 0 Å². The van der Waals surface area contributed by atoms with Gasteiger partial charge in [-0.25, -0.2) is 9.97 Å². The topological polar surface area (TPSA) is 60.2 Å². The molecule has 0 N–H and O–H groups in total. The van der Waals surface area contributed by atoms with E-state index >= 15 is 0 Å². The third-order valence-electron chi connectivity index (χ3n) is 8.05. The molecule has 2 aliphatic heterocycles. The van der Waals surface area contributed by atoms with Crippen LogP contribution in [0.4, 0.5) is 5.95 Å². The maximum absolute atomic E-state index is 4.74. The molecule has 3 heterocycles. The lowest BCUT2D eigenvalue weighted by molar-refractivity contribution is 0.120. The molecule has 7 nitrogen and oxygen atoms in total. The molecule has 2 aromatic rings. The first-order chi connectivity index (χ1) is 20.2. The molecule has 1 aromatic heterocycles. The van der Waals surface area contributed by atoms with E-state index in [2.05, 4.69) is 63.0 Å². The van der Waals surface area contributed by atoms with Gasteiger partial charge in [0, 0.05) is 71.0 Å². The molecular formula is C34H47N7. The van der Waals surface area contributed by atoms with E-state index in [1.54, 1.807) is 0 Å². The van der Waals surface area contributed by atoms with Gasteiger partial charge in [0.1, 0.15) is 0 Å². The Morgan fingerprint density at radius 2 is 1.78 bits per heavy atom. The van der Waals surface area contributed by atoms with Crippen molar-refractivity contribution in [2.24, 2.45) is 9.98 Å². The van der Waals surface area contributed by atoms with Crippen molar-refractivity contribution in [1.29, 1.82) is 0 Å². The smallest absolute Gasteiger partial charge is 0.225 e. The van der Waals surface area contributed by atoms with E-state index in [0.29, 0.717) is 0 Å². The van der Waals surface area contributed by atoms with Crippen LogP contribution in [0.15, 0.2) is 82.2 Å². The number of dihydropyridines is 1. The molecule has 218 valence electrons. The third kappa shape index (κ3) is 8.54. The Kier molecular flexibility index (Phi) is 12.0. The number of likely N-dealkylation sites (N-methyl/N-ethyl adjacent to an activating group) is 1. The number of allylic oxidation sites excluding steroid dienone is 2. The van der Waals surface area contributed by atoms with Gasteiger partial charge in [0.2, 0.25) is 5.95 Å². The van der Waals surface area contributed by atoms with Crippen LogP contribution in [0, 0.1) is 0 Å². The molecule has 0 radical (unpaired) electrons. The van der Waals surface area contributed by atoms with Crippen LogP contribution in [0.2, 0.25) is 0 Å². The van der Waals surface area contributed by atoms with Gasteiger partial charge < -0.3 is 4.90 Å². The normalized spacial score (nSPS) is 19.9. The summed E-state index contributed by atoms with van der Waals surface area (Å²) in [6, 6.07) is 11.2. The predicted octanol–water partition coefficient (Wildman–Crippen LogP) is 5.72. The monoisotopic (exact) mass is 553 g/mol. The molecule has 1 aliphatic carbocycles. The second-order valence-electron chi connectivity index (χ2n) is 10.5. The van der Waals surface area contributed by atoms with Crippen molar-refractivity contribution in [1.82, 2.24) is 19.8 Å². The van der Waals surface area contributed by atoms with Gasteiger partial charge in [0.25, 0.3) is 0 Å². The second kappa shape index (κ2) is 16.1. The fraction of sp³-hybridized carbons (Fsp3) is 0.471. The fourth-order valence-electron chi connectivity index (χ4n) is 5.35. The summed E-state index contributed by atoms with van der Waals surface area (Å²) in [5.41, 5.74) is 5.36. The quantitative estimate of drug-likeness (QED) is 0.377. The first-order valence-corrected chi connectivity index (χ1v) is 15.4. The lowest BCUT2D eigenvalue weighted by Crippen LogP contribution is -2.52. The number of aromatic nitrogens is 2. The highest BCUT2D eigenvalue weighted by Gasteiger charge is 2.28. The van der Waals surface area contributed by atoms with Crippen molar-refractivity contribution in [3.8, 4) is 0 Å². The Balaban J connectivity index is 0.00000189. The Bertz CT molecular complexity index is 1220. The molecule has 2 fully saturated rings. The first-order valence-electron chi connectivity index (χ1n) is 15.4. The Labute approximate surface area is 247 Å². The summed E-state index contributed by atoms with van der Waals surface area (Å²) in [5.74, 6) is 0.868. The highest BCUT2D eigenvalue weighted by molar-refractivity contribution is 6.13. The van der Waals surface area contributed by atoms with Gasteiger partial charge in [-0.15, -0.1) is 0 Å². The van der Waals surface area contributed by atoms with Crippen LogP contribution >= 0.6 is 0 Å². The summed E-state index contributed by atoms with van der Waals surface area (Å²) < 4.78 is 0. The van der Waals surface area contributed by atoms with E-state index in [4.69, 9.17) is 15.0 Å². The van der Waals surface area contributed by atoms with E-state index in [1.165, 1.54) is 30.4 Å². The summed E-state index contributed by atoms with van der Waals surface area (Å²) in [7, 11) is 1.83. The maximum Gasteiger partial charge on any atom is 0.225 e. The van der Waals surface area contributed by atoms with Crippen LogP contribution in [0.25, 0.3) is 6.08 Å². The molecular weight excluding hydrogens is 506 g/mol. The number of benzene rings is 1. The van der Waals surface area contributed by atoms with Gasteiger partial charge in [-0.05, 0) is 54.7 Å². The van der Waals surface area contributed by atoms with Crippen molar-refractivity contribution in [3.63, 3.8) is 0 Å². The minimum atomic E-state index is 0.795. The molecule has 5 rings (SSSR count). The van der Waals surface area contributed by atoms with Crippen molar-refractivity contribution >= 4 is 24.0 Å². The van der Waals surface area contributed by atoms with E-state index in [9.17, 15) is 0 Å².